The molecular weight excluding hydrogens is 284 g/mol. The third-order valence-electron chi connectivity index (χ3n) is 4.08. The largest absolute Gasteiger partial charge is 0.352 e. The molecule has 0 aliphatic carbocycles. The highest BCUT2D eigenvalue weighted by atomic mass is 32.1. The van der Waals surface area contributed by atoms with E-state index >= 15 is 0 Å². The molecule has 1 aliphatic rings. The van der Waals surface area contributed by atoms with E-state index in [1.165, 1.54) is 0 Å². The first kappa shape index (κ1) is 14.5. The molecular formula is C14H22N6S. The minimum Gasteiger partial charge on any atom is -0.352 e. The van der Waals surface area contributed by atoms with Crippen LogP contribution in [-0.2, 0) is 0 Å². The number of nitrogen functional groups attached to an aromatic ring is 1. The summed E-state index contributed by atoms with van der Waals surface area (Å²) in [6.45, 7) is 5.46. The number of anilines is 2. The quantitative estimate of drug-likeness (QED) is 0.667. The standard InChI is InChI=1S/C14H22N6S/c1-3-10-9-19(2)6-4-7-20(10)12-11-5-8-21-13(11)17-14(16-12)18-15/h5,8,10H,3-4,6-7,9,15H2,1-2H3,(H,16,17,18). The Bertz CT molecular complexity index is 613. The summed E-state index contributed by atoms with van der Waals surface area (Å²) >= 11 is 1.63. The van der Waals surface area contributed by atoms with Crippen LogP contribution >= 0.6 is 11.3 Å². The van der Waals surface area contributed by atoms with Crippen molar-refractivity contribution >= 4 is 33.3 Å². The van der Waals surface area contributed by atoms with Crippen LogP contribution < -0.4 is 16.2 Å². The van der Waals surface area contributed by atoms with Gasteiger partial charge in [0, 0.05) is 19.1 Å². The summed E-state index contributed by atoms with van der Waals surface area (Å²) in [5.41, 5.74) is 2.59. The van der Waals surface area contributed by atoms with Crippen molar-refractivity contribution in [1.82, 2.24) is 14.9 Å². The maximum Gasteiger partial charge on any atom is 0.240 e. The molecule has 0 aromatic carbocycles. The van der Waals surface area contributed by atoms with Gasteiger partial charge in [-0.05, 0) is 37.9 Å². The summed E-state index contributed by atoms with van der Waals surface area (Å²) in [6, 6.07) is 2.58. The van der Waals surface area contributed by atoms with Gasteiger partial charge in [0.25, 0.3) is 0 Å². The number of thiophene rings is 1. The molecule has 0 radical (unpaired) electrons. The lowest BCUT2D eigenvalue weighted by molar-refractivity contribution is 0.328. The van der Waals surface area contributed by atoms with Crippen molar-refractivity contribution in [2.45, 2.75) is 25.8 Å². The van der Waals surface area contributed by atoms with Crippen LogP contribution in [0, 0.1) is 0 Å². The molecule has 2 aromatic rings. The summed E-state index contributed by atoms with van der Waals surface area (Å²) < 4.78 is 0. The zero-order valence-electron chi connectivity index (χ0n) is 12.5. The SMILES string of the molecule is CCC1CN(C)CCCN1c1nc(NN)nc2sccc12. The van der Waals surface area contributed by atoms with Crippen LogP contribution in [0.5, 0.6) is 0 Å². The molecule has 2 aromatic heterocycles. The van der Waals surface area contributed by atoms with E-state index in [-0.39, 0.29) is 0 Å². The van der Waals surface area contributed by atoms with Crippen LogP contribution in [0.25, 0.3) is 10.2 Å². The Morgan fingerprint density at radius 3 is 3.05 bits per heavy atom. The number of fused-ring (bicyclic) bond motifs is 1. The molecule has 0 bridgehead atoms. The van der Waals surface area contributed by atoms with Crippen LogP contribution in [0.1, 0.15) is 19.8 Å². The van der Waals surface area contributed by atoms with Crippen LogP contribution in [0.4, 0.5) is 11.8 Å². The number of hydrogen-bond donors (Lipinski definition) is 2. The van der Waals surface area contributed by atoms with Crippen molar-refractivity contribution in [3.63, 3.8) is 0 Å². The lowest BCUT2D eigenvalue weighted by atomic mass is 10.1. The van der Waals surface area contributed by atoms with Gasteiger partial charge in [-0.2, -0.15) is 4.98 Å². The smallest absolute Gasteiger partial charge is 0.240 e. The Kier molecular flexibility index (Phi) is 4.23. The Morgan fingerprint density at radius 2 is 2.29 bits per heavy atom. The third-order valence-corrected chi connectivity index (χ3v) is 4.89. The van der Waals surface area contributed by atoms with Crippen molar-refractivity contribution in [2.24, 2.45) is 5.84 Å². The zero-order valence-corrected chi connectivity index (χ0v) is 13.4. The number of rotatable bonds is 3. The lowest BCUT2D eigenvalue weighted by Crippen LogP contribution is -2.40. The van der Waals surface area contributed by atoms with Crippen molar-refractivity contribution in [2.75, 3.05) is 37.0 Å². The van der Waals surface area contributed by atoms with Crippen LogP contribution in [0.15, 0.2) is 11.4 Å². The predicted octanol–water partition coefficient (Wildman–Crippen LogP) is 1.90. The first-order chi connectivity index (χ1) is 10.2. The Balaban J connectivity index is 2.06. The molecule has 21 heavy (non-hydrogen) atoms. The van der Waals surface area contributed by atoms with Gasteiger partial charge in [0.2, 0.25) is 5.95 Å². The highest BCUT2D eigenvalue weighted by molar-refractivity contribution is 7.16. The van der Waals surface area contributed by atoms with Gasteiger partial charge in [-0.15, -0.1) is 11.3 Å². The molecule has 7 heteroatoms. The monoisotopic (exact) mass is 306 g/mol. The van der Waals surface area contributed by atoms with Gasteiger partial charge < -0.3 is 9.80 Å². The Hall–Kier alpha value is -1.44. The van der Waals surface area contributed by atoms with Gasteiger partial charge in [0.1, 0.15) is 10.6 Å². The van der Waals surface area contributed by atoms with Crippen LogP contribution in [0.3, 0.4) is 0 Å². The van der Waals surface area contributed by atoms with E-state index in [4.69, 9.17) is 5.84 Å². The number of nitrogens with one attached hydrogen (secondary N) is 1. The molecule has 3 heterocycles. The van der Waals surface area contributed by atoms with E-state index in [0.29, 0.717) is 12.0 Å². The summed E-state index contributed by atoms with van der Waals surface area (Å²) in [5.74, 6) is 7.03. The maximum absolute atomic E-state index is 5.53. The van der Waals surface area contributed by atoms with Crippen molar-refractivity contribution in [1.29, 1.82) is 0 Å². The summed E-state index contributed by atoms with van der Waals surface area (Å²) in [6.07, 6.45) is 2.25. The molecule has 1 saturated heterocycles. The first-order valence-electron chi connectivity index (χ1n) is 7.40. The average Bonchev–Trinajstić information content (AvgIpc) is 2.89. The van der Waals surface area contributed by atoms with E-state index < -0.39 is 0 Å². The number of hydrogen-bond acceptors (Lipinski definition) is 7. The van der Waals surface area contributed by atoms with Gasteiger partial charge in [-0.1, -0.05) is 6.92 Å². The van der Waals surface area contributed by atoms with Gasteiger partial charge in [-0.25, -0.2) is 10.8 Å². The average molecular weight is 306 g/mol. The zero-order chi connectivity index (χ0) is 14.8. The van der Waals surface area contributed by atoms with E-state index in [0.717, 1.165) is 48.5 Å². The van der Waals surface area contributed by atoms with Crippen molar-refractivity contribution in [3.8, 4) is 0 Å². The second-order valence-corrected chi connectivity index (χ2v) is 6.42. The summed E-state index contributed by atoms with van der Waals surface area (Å²) in [5, 5.41) is 3.19. The molecule has 0 amide bonds. The first-order valence-corrected chi connectivity index (χ1v) is 8.28. The second-order valence-electron chi connectivity index (χ2n) is 5.53. The highest BCUT2D eigenvalue weighted by Crippen LogP contribution is 2.31. The minimum atomic E-state index is 0.473. The molecule has 1 aliphatic heterocycles. The van der Waals surface area contributed by atoms with E-state index in [1.54, 1.807) is 11.3 Å². The fourth-order valence-electron chi connectivity index (χ4n) is 2.99. The van der Waals surface area contributed by atoms with Crippen molar-refractivity contribution < 1.29 is 0 Å². The molecule has 0 saturated carbocycles. The number of aromatic nitrogens is 2. The molecule has 114 valence electrons. The topological polar surface area (TPSA) is 70.3 Å². The minimum absolute atomic E-state index is 0.473. The van der Waals surface area contributed by atoms with Gasteiger partial charge in [-0.3, -0.25) is 5.43 Å². The highest BCUT2D eigenvalue weighted by Gasteiger charge is 2.25. The summed E-state index contributed by atoms with van der Waals surface area (Å²) in [4.78, 5) is 14.9. The number of nitrogens with zero attached hydrogens (tertiary/aromatic N) is 4. The van der Waals surface area contributed by atoms with Crippen molar-refractivity contribution in [3.05, 3.63) is 11.4 Å². The van der Waals surface area contributed by atoms with Crippen LogP contribution in [0.2, 0.25) is 0 Å². The predicted molar refractivity (Wildman–Crippen MR) is 88.8 cm³/mol. The molecule has 3 N–H and O–H groups in total. The van der Waals surface area contributed by atoms with Crippen LogP contribution in [-0.4, -0.2) is 47.6 Å². The number of likely N-dealkylation sites (N-methyl/N-ethyl adjacent to an activating group) is 1. The van der Waals surface area contributed by atoms with Gasteiger partial charge in [0.05, 0.1) is 5.39 Å². The van der Waals surface area contributed by atoms with Gasteiger partial charge >= 0.3 is 0 Å². The maximum atomic E-state index is 5.53. The fraction of sp³-hybridized carbons (Fsp3) is 0.571. The summed E-state index contributed by atoms with van der Waals surface area (Å²) in [7, 11) is 2.19. The van der Waals surface area contributed by atoms with Gasteiger partial charge in [0.15, 0.2) is 0 Å². The fourth-order valence-corrected chi connectivity index (χ4v) is 3.75. The molecule has 1 atom stereocenters. The molecule has 6 nitrogen and oxygen atoms in total. The van der Waals surface area contributed by atoms with E-state index in [2.05, 4.69) is 50.6 Å². The number of hydrazine groups is 1. The molecule has 3 rings (SSSR count). The Morgan fingerprint density at radius 1 is 1.43 bits per heavy atom. The number of nitrogens with two attached hydrogens (primary N) is 1. The molecule has 1 unspecified atom stereocenters. The Labute approximate surface area is 128 Å². The molecule has 1 fully saturated rings. The lowest BCUT2D eigenvalue weighted by Gasteiger charge is -2.31. The normalized spacial score (nSPS) is 20.7. The van der Waals surface area contributed by atoms with E-state index in [1.807, 2.05) is 0 Å². The van der Waals surface area contributed by atoms with E-state index in [9.17, 15) is 0 Å². The molecule has 0 spiro atoms. The second kappa shape index (κ2) is 6.13. The third kappa shape index (κ3) is 2.81.